The van der Waals surface area contributed by atoms with E-state index in [2.05, 4.69) is 10.3 Å². The molecule has 1 atom stereocenters. The Kier molecular flexibility index (Phi) is 4.76. The van der Waals surface area contributed by atoms with Crippen molar-refractivity contribution in [3.05, 3.63) is 95.0 Å². The molecule has 0 radical (unpaired) electrons. The first-order chi connectivity index (χ1) is 13.6. The van der Waals surface area contributed by atoms with Crippen LogP contribution in [-0.4, -0.2) is 20.0 Å². The van der Waals surface area contributed by atoms with E-state index in [1.807, 2.05) is 67.6 Å². The van der Waals surface area contributed by atoms with Crippen molar-refractivity contribution in [2.24, 2.45) is 0 Å². The second-order valence-corrected chi connectivity index (χ2v) is 6.59. The Morgan fingerprint density at radius 2 is 1.68 bits per heavy atom. The first-order valence-electron chi connectivity index (χ1n) is 9.11. The fraction of sp³-hybridized carbons (Fsp3) is 0.136. The number of aromatic nitrogens is 3. The first kappa shape index (κ1) is 17.7. The average molecular weight is 372 g/mol. The summed E-state index contributed by atoms with van der Waals surface area (Å²) in [5.41, 5.74) is 2.59. The topological polar surface area (TPSA) is 68.9 Å². The van der Waals surface area contributed by atoms with E-state index in [0.29, 0.717) is 16.9 Å². The summed E-state index contributed by atoms with van der Waals surface area (Å²) in [7, 11) is 0. The van der Waals surface area contributed by atoms with Gasteiger partial charge in [0.25, 0.3) is 0 Å². The molecule has 140 valence electrons. The third kappa shape index (κ3) is 3.32. The Bertz CT molecular complexity index is 1160. The lowest BCUT2D eigenvalue weighted by molar-refractivity contribution is -0.122. The zero-order valence-electron chi connectivity index (χ0n) is 15.4. The van der Waals surface area contributed by atoms with E-state index in [0.717, 1.165) is 5.56 Å². The van der Waals surface area contributed by atoms with Crippen LogP contribution in [0, 0.1) is 0 Å². The largest absolute Gasteiger partial charge is 0.348 e. The predicted molar refractivity (Wildman–Crippen MR) is 108 cm³/mol. The summed E-state index contributed by atoms with van der Waals surface area (Å²) in [5, 5.41) is 2.96. The maximum Gasteiger partial charge on any atom is 0.335 e. The van der Waals surface area contributed by atoms with Crippen molar-refractivity contribution in [3.63, 3.8) is 0 Å². The molecule has 0 bridgehead atoms. The zero-order valence-corrected chi connectivity index (χ0v) is 15.4. The molecule has 0 saturated carbocycles. The van der Waals surface area contributed by atoms with Gasteiger partial charge >= 0.3 is 5.69 Å². The van der Waals surface area contributed by atoms with E-state index in [1.165, 1.54) is 9.13 Å². The van der Waals surface area contributed by atoms with Crippen molar-refractivity contribution < 1.29 is 4.79 Å². The van der Waals surface area contributed by atoms with Gasteiger partial charge in [0.05, 0.1) is 17.2 Å². The van der Waals surface area contributed by atoms with Crippen molar-refractivity contribution in [1.82, 2.24) is 19.4 Å². The maximum atomic E-state index is 13.1. The van der Waals surface area contributed by atoms with Gasteiger partial charge in [-0.3, -0.25) is 9.36 Å². The molecule has 2 aromatic carbocycles. The van der Waals surface area contributed by atoms with Crippen LogP contribution in [0.2, 0.25) is 0 Å². The molecule has 0 saturated heterocycles. The lowest BCUT2D eigenvalue weighted by atomic mass is 10.1. The van der Waals surface area contributed by atoms with Crippen molar-refractivity contribution in [3.8, 4) is 5.69 Å². The summed E-state index contributed by atoms with van der Waals surface area (Å²) >= 11 is 0. The van der Waals surface area contributed by atoms with Crippen LogP contribution in [0.5, 0.6) is 0 Å². The Morgan fingerprint density at radius 3 is 2.39 bits per heavy atom. The number of nitrogens with zero attached hydrogens (tertiary/aromatic N) is 3. The second-order valence-electron chi connectivity index (χ2n) is 6.59. The minimum atomic E-state index is -0.289. The number of rotatable bonds is 5. The van der Waals surface area contributed by atoms with E-state index < -0.39 is 0 Å². The highest BCUT2D eigenvalue weighted by Crippen LogP contribution is 2.16. The number of imidazole rings is 1. The standard InChI is InChI=1S/C22H20N4O2/c1-16(17-9-4-2-5-10-17)24-20(27)15-25-19-13-8-14-23-21(19)26(22(25)28)18-11-6-3-7-12-18/h2-14,16H,15H2,1H3,(H,24,27). The van der Waals surface area contributed by atoms with Crippen LogP contribution in [0.1, 0.15) is 18.5 Å². The van der Waals surface area contributed by atoms with E-state index >= 15 is 0 Å². The van der Waals surface area contributed by atoms with E-state index in [-0.39, 0.29) is 24.2 Å². The normalized spacial score (nSPS) is 12.0. The molecule has 0 aliphatic carbocycles. The fourth-order valence-corrected chi connectivity index (χ4v) is 3.30. The van der Waals surface area contributed by atoms with Crippen LogP contribution in [0.15, 0.2) is 83.8 Å². The average Bonchev–Trinajstić information content (AvgIpc) is 3.01. The number of carbonyl (C=O) groups excluding carboxylic acids is 1. The highest BCUT2D eigenvalue weighted by Gasteiger charge is 2.18. The SMILES string of the molecule is CC(NC(=O)Cn1c(=O)n(-c2ccccc2)c2ncccc21)c1ccccc1. The smallest absolute Gasteiger partial charge is 0.335 e. The lowest BCUT2D eigenvalue weighted by Gasteiger charge is -2.14. The summed E-state index contributed by atoms with van der Waals surface area (Å²) in [6, 6.07) is 22.4. The summed E-state index contributed by atoms with van der Waals surface area (Å²) in [4.78, 5) is 30.1. The highest BCUT2D eigenvalue weighted by molar-refractivity contribution is 5.80. The van der Waals surface area contributed by atoms with Gasteiger partial charge in [0, 0.05) is 6.20 Å². The summed E-state index contributed by atoms with van der Waals surface area (Å²) in [6.07, 6.45) is 1.64. The minimum absolute atomic E-state index is 0.0714. The summed E-state index contributed by atoms with van der Waals surface area (Å²) in [5.74, 6) is -0.227. The van der Waals surface area contributed by atoms with Crippen molar-refractivity contribution >= 4 is 17.1 Å². The van der Waals surface area contributed by atoms with Crippen LogP contribution < -0.4 is 11.0 Å². The maximum absolute atomic E-state index is 13.1. The molecule has 4 rings (SSSR count). The van der Waals surface area contributed by atoms with Gasteiger partial charge in [-0.1, -0.05) is 48.5 Å². The Hall–Kier alpha value is -3.67. The predicted octanol–water partition coefficient (Wildman–Crippen LogP) is 3.06. The molecule has 0 spiro atoms. The monoisotopic (exact) mass is 372 g/mol. The number of hydrogen-bond acceptors (Lipinski definition) is 3. The molecule has 0 aliphatic heterocycles. The molecule has 4 aromatic rings. The third-order valence-corrected chi connectivity index (χ3v) is 4.68. The quantitative estimate of drug-likeness (QED) is 0.585. The molecule has 2 heterocycles. The van der Waals surface area contributed by atoms with Crippen molar-refractivity contribution in [2.75, 3.05) is 0 Å². The van der Waals surface area contributed by atoms with Crippen LogP contribution in [0.3, 0.4) is 0 Å². The van der Waals surface area contributed by atoms with Gasteiger partial charge in [0.15, 0.2) is 5.65 Å². The third-order valence-electron chi connectivity index (χ3n) is 4.68. The number of hydrogen-bond donors (Lipinski definition) is 1. The molecule has 1 unspecified atom stereocenters. The van der Waals surface area contributed by atoms with E-state index in [9.17, 15) is 9.59 Å². The fourth-order valence-electron chi connectivity index (χ4n) is 3.30. The Morgan fingerprint density at radius 1 is 1.00 bits per heavy atom. The second kappa shape index (κ2) is 7.52. The molecular formula is C22H20N4O2. The molecule has 2 aromatic heterocycles. The molecule has 6 nitrogen and oxygen atoms in total. The molecule has 1 N–H and O–H groups in total. The number of fused-ring (bicyclic) bond motifs is 1. The van der Waals surface area contributed by atoms with Crippen LogP contribution in [0.25, 0.3) is 16.9 Å². The Labute approximate surface area is 162 Å². The van der Waals surface area contributed by atoms with Gasteiger partial charge in [0.2, 0.25) is 5.91 Å². The van der Waals surface area contributed by atoms with Crippen molar-refractivity contribution in [1.29, 1.82) is 0 Å². The summed E-state index contributed by atoms with van der Waals surface area (Å²) < 4.78 is 2.99. The zero-order chi connectivity index (χ0) is 19.5. The van der Waals surface area contributed by atoms with Gasteiger partial charge in [-0.2, -0.15) is 0 Å². The van der Waals surface area contributed by atoms with Gasteiger partial charge in [-0.15, -0.1) is 0 Å². The van der Waals surface area contributed by atoms with Gasteiger partial charge in [0.1, 0.15) is 6.54 Å². The number of para-hydroxylation sites is 1. The molecule has 0 aliphatic rings. The summed E-state index contributed by atoms with van der Waals surface area (Å²) in [6.45, 7) is 1.85. The molecule has 6 heteroatoms. The van der Waals surface area contributed by atoms with Crippen LogP contribution >= 0.6 is 0 Å². The molecule has 28 heavy (non-hydrogen) atoms. The number of carbonyl (C=O) groups is 1. The number of nitrogens with one attached hydrogen (secondary N) is 1. The molecule has 1 amide bonds. The Balaban J connectivity index is 1.67. The van der Waals surface area contributed by atoms with E-state index in [4.69, 9.17) is 0 Å². The van der Waals surface area contributed by atoms with Crippen LogP contribution in [0.4, 0.5) is 0 Å². The van der Waals surface area contributed by atoms with Gasteiger partial charge < -0.3 is 5.32 Å². The number of benzene rings is 2. The van der Waals surface area contributed by atoms with Crippen LogP contribution in [-0.2, 0) is 11.3 Å². The van der Waals surface area contributed by atoms with Crippen molar-refractivity contribution in [2.45, 2.75) is 19.5 Å². The number of pyridine rings is 1. The minimum Gasteiger partial charge on any atom is -0.348 e. The number of amides is 1. The molecule has 0 fully saturated rings. The van der Waals surface area contributed by atoms with Gasteiger partial charge in [-0.05, 0) is 36.8 Å². The lowest BCUT2D eigenvalue weighted by Crippen LogP contribution is -2.34. The highest BCUT2D eigenvalue weighted by atomic mass is 16.2. The van der Waals surface area contributed by atoms with E-state index in [1.54, 1.807) is 18.3 Å². The molecular weight excluding hydrogens is 352 g/mol. The first-order valence-corrected chi connectivity index (χ1v) is 9.11. The van der Waals surface area contributed by atoms with Gasteiger partial charge in [-0.25, -0.2) is 14.3 Å².